The third-order valence-corrected chi connectivity index (χ3v) is 5.31. The Morgan fingerprint density at radius 1 is 1.17 bits per heavy atom. The van der Waals surface area contributed by atoms with E-state index >= 15 is 0 Å². The second kappa shape index (κ2) is 7.31. The topological polar surface area (TPSA) is 42.6 Å². The van der Waals surface area contributed by atoms with Crippen LogP contribution in [0, 0.1) is 0 Å². The standard InChI is InChI=1S/C16H17Cl3N4O/c1-21-15(14(19)9-20-21)16(24)23-6-4-22(5-7-23)10-11-2-3-12(17)13(18)8-11/h2-3,8-9H,4-7,10H2,1H3/p+1. The normalized spacial score (nSPS) is 15.8. The van der Waals surface area contributed by atoms with Crippen molar-refractivity contribution in [1.29, 1.82) is 0 Å². The predicted molar refractivity (Wildman–Crippen MR) is 95.0 cm³/mol. The van der Waals surface area contributed by atoms with Crippen molar-refractivity contribution in [3.05, 3.63) is 50.7 Å². The number of carbonyl (C=O) groups is 1. The monoisotopic (exact) mass is 387 g/mol. The van der Waals surface area contributed by atoms with Crippen molar-refractivity contribution in [3.8, 4) is 0 Å². The highest BCUT2D eigenvalue weighted by atomic mass is 35.5. The highest BCUT2D eigenvalue weighted by Crippen LogP contribution is 2.22. The highest BCUT2D eigenvalue weighted by Gasteiger charge is 2.27. The number of quaternary nitrogens is 1. The minimum absolute atomic E-state index is 0.0615. The fourth-order valence-electron chi connectivity index (χ4n) is 2.94. The van der Waals surface area contributed by atoms with Crippen LogP contribution in [0.2, 0.25) is 15.1 Å². The first kappa shape index (κ1) is 17.5. The van der Waals surface area contributed by atoms with Crippen molar-refractivity contribution in [2.24, 2.45) is 7.05 Å². The minimum Gasteiger partial charge on any atom is -0.328 e. The Balaban J connectivity index is 1.59. The summed E-state index contributed by atoms with van der Waals surface area (Å²) in [6.45, 7) is 4.00. The molecule has 0 spiro atoms. The molecule has 1 amide bonds. The molecule has 1 aliphatic rings. The number of halogens is 3. The quantitative estimate of drug-likeness (QED) is 0.873. The van der Waals surface area contributed by atoms with E-state index in [4.69, 9.17) is 34.8 Å². The molecule has 1 aromatic carbocycles. The molecule has 1 aliphatic heterocycles. The van der Waals surface area contributed by atoms with Crippen LogP contribution in [0.25, 0.3) is 0 Å². The molecule has 128 valence electrons. The number of hydrogen-bond donors (Lipinski definition) is 1. The summed E-state index contributed by atoms with van der Waals surface area (Å²) in [5.74, 6) is -0.0615. The lowest BCUT2D eigenvalue weighted by Crippen LogP contribution is -3.13. The van der Waals surface area contributed by atoms with Gasteiger partial charge >= 0.3 is 0 Å². The Labute approximate surface area is 155 Å². The molecular weight excluding hydrogens is 371 g/mol. The molecule has 0 unspecified atom stereocenters. The first-order valence-electron chi connectivity index (χ1n) is 7.70. The SMILES string of the molecule is Cn1ncc(Cl)c1C(=O)N1CC[NH+](Cc2ccc(Cl)c(Cl)c2)CC1. The van der Waals surface area contributed by atoms with Gasteiger partial charge in [-0.25, -0.2) is 0 Å². The molecule has 8 heteroatoms. The van der Waals surface area contributed by atoms with Gasteiger partial charge in [0.1, 0.15) is 12.2 Å². The average Bonchev–Trinajstić information content (AvgIpc) is 2.90. The lowest BCUT2D eigenvalue weighted by atomic mass is 10.2. The second-order valence-corrected chi connectivity index (χ2v) is 7.15. The summed E-state index contributed by atoms with van der Waals surface area (Å²) in [6, 6.07) is 5.72. The number of carbonyl (C=O) groups excluding carboxylic acids is 1. The maximum atomic E-state index is 12.6. The Hall–Kier alpha value is -1.27. The van der Waals surface area contributed by atoms with Crippen LogP contribution in [0.3, 0.4) is 0 Å². The van der Waals surface area contributed by atoms with Crippen molar-refractivity contribution in [2.75, 3.05) is 26.2 Å². The van der Waals surface area contributed by atoms with Crippen molar-refractivity contribution in [3.63, 3.8) is 0 Å². The summed E-state index contributed by atoms with van der Waals surface area (Å²) in [4.78, 5) is 15.8. The fourth-order valence-corrected chi connectivity index (χ4v) is 3.51. The zero-order valence-corrected chi connectivity index (χ0v) is 15.5. The highest BCUT2D eigenvalue weighted by molar-refractivity contribution is 6.42. The van der Waals surface area contributed by atoms with E-state index in [0.717, 1.165) is 25.2 Å². The Morgan fingerprint density at radius 2 is 1.88 bits per heavy atom. The van der Waals surface area contributed by atoms with Crippen molar-refractivity contribution < 1.29 is 9.69 Å². The van der Waals surface area contributed by atoms with Gasteiger partial charge in [-0.3, -0.25) is 9.48 Å². The average molecular weight is 389 g/mol. The lowest BCUT2D eigenvalue weighted by molar-refractivity contribution is -0.917. The van der Waals surface area contributed by atoms with Gasteiger partial charge in [-0.15, -0.1) is 0 Å². The zero-order chi connectivity index (χ0) is 17.3. The summed E-state index contributed by atoms with van der Waals surface area (Å²) in [6.07, 6.45) is 1.50. The molecule has 2 aromatic rings. The Kier molecular flexibility index (Phi) is 5.35. The van der Waals surface area contributed by atoms with Crippen LogP contribution in [-0.4, -0.2) is 46.8 Å². The van der Waals surface area contributed by atoms with Gasteiger partial charge in [0, 0.05) is 12.6 Å². The molecule has 0 atom stereocenters. The molecule has 2 heterocycles. The van der Waals surface area contributed by atoms with Gasteiger partial charge in [-0.05, 0) is 12.1 Å². The van der Waals surface area contributed by atoms with Gasteiger partial charge < -0.3 is 9.80 Å². The smallest absolute Gasteiger partial charge is 0.274 e. The zero-order valence-electron chi connectivity index (χ0n) is 13.2. The van der Waals surface area contributed by atoms with E-state index in [1.807, 2.05) is 23.1 Å². The van der Waals surface area contributed by atoms with Crippen molar-refractivity contribution in [2.45, 2.75) is 6.54 Å². The molecule has 0 bridgehead atoms. The second-order valence-electron chi connectivity index (χ2n) is 5.93. The summed E-state index contributed by atoms with van der Waals surface area (Å²) < 4.78 is 1.53. The molecular formula is C16H18Cl3N4O+. The number of aromatic nitrogens is 2. The number of piperazine rings is 1. The largest absolute Gasteiger partial charge is 0.328 e. The van der Waals surface area contributed by atoms with Crippen LogP contribution in [0.1, 0.15) is 16.1 Å². The van der Waals surface area contributed by atoms with Crippen LogP contribution >= 0.6 is 34.8 Å². The van der Waals surface area contributed by atoms with Crippen LogP contribution in [-0.2, 0) is 13.6 Å². The van der Waals surface area contributed by atoms with Gasteiger partial charge in [0.2, 0.25) is 0 Å². The predicted octanol–water partition coefficient (Wildman–Crippen LogP) is 1.92. The molecule has 3 rings (SSSR count). The summed E-state index contributed by atoms with van der Waals surface area (Å²) in [7, 11) is 1.73. The fraction of sp³-hybridized carbons (Fsp3) is 0.375. The first-order chi connectivity index (χ1) is 11.5. The summed E-state index contributed by atoms with van der Waals surface area (Å²) >= 11 is 18.1. The van der Waals surface area contributed by atoms with Gasteiger partial charge in [-0.1, -0.05) is 40.9 Å². The number of benzene rings is 1. The molecule has 1 N–H and O–H groups in total. The Morgan fingerprint density at radius 3 is 2.46 bits per heavy atom. The van der Waals surface area contributed by atoms with Crippen LogP contribution < -0.4 is 4.90 Å². The third kappa shape index (κ3) is 3.70. The third-order valence-electron chi connectivity index (χ3n) is 4.29. The van der Waals surface area contributed by atoms with E-state index < -0.39 is 0 Å². The molecule has 0 radical (unpaired) electrons. The van der Waals surface area contributed by atoms with Crippen LogP contribution in [0.5, 0.6) is 0 Å². The molecule has 1 saturated heterocycles. The van der Waals surface area contributed by atoms with Crippen LogP contribution in [0.4, 0.5) is 0 Å². The number of rotatable bonds is 3. The van der Waals surface area contributed by atoms with Gasteiger partial charge in [0.15, 0.2) is 0 Å². The molecule has 24 heavy (non-hydrogen) atoms. The molecule has 0 aliphatic carbocycles. The minimum atomic E-state index is -0.0615. The first-order valence-corrected chi connectivity index (χ1v) is 8.83. The lowest BCUT2D eigenvalue weighted by Gasteiger charge is -2.32. The Bertz CT molecular complexity index is 734. The summed E-state index contributed by atoms with van der Waals surface area (Å²) in [5, 5.41) is 5.57. The van der Waals surface area contributed by atoms with Gasteiger partial charge in [0.25, 0.3) is 5.91 Å². The molecule has 0 saturated carbocycles. The van der Waals surface area contributed by atoms with Gasteiger partial charge in [0.05, 0.1) is 47.4 Å². The van der Waals surface area contributed by atoms with Crippen molar-refractivity contribution >= 4 is 40.7 Å². The van der Waals surface area contributed by atoms with E-state index in [1.165, 1.54) is 15.8 Å². The van der Waals surface area contributed by atoms with Crippen LogP contribution in [0.15, 0.2) is 24.4 Å². The molecule has 5 nitrogen and oxygen atoms in total. The molecule has 1 aromatic heterocycles. The van der Waals surface area contributed by atoms with Gasteiger partial charge in [-0.2, -0.15) is 5.10 Å². The van der Waals surface area contributed by atoms with E-state index in [-0.39, 0.29) is 5.91 Å². The number of nitrogens with one attached hydrogen (secondary N) is 1. The van der Waals surface area contributed by atoms with E-state index in [1.54, 1.807) is 7.05 Å². The summed E-state index contributed by atoms with van der Waals surface area (Å²) in [5.41, 5.74) is 1.60. The molecule has 1 fully saturated rings. The number of amides is 1. The number of nitrogens with zero attached hydrogens (tertiary/aromatic N) is 3. The maximum Gasteiger partial charge on any atom is 0.274 e. The van der Waals surface area contributed by atoms with E-state index in [2.05, 4.69) is 5.10 Å². The maximum absolute atomic E-state index is 12.6. The van der Waals surface area contributed by atoms with Crippen molar-refractivity contribution in [1.82, 2.24) is 14.7 Å². The number of hydrogen-bond acceptors (Lipinski definition) is 2. The number of aryl methyl sites for hydroxylation is 1. The van der Waals surface area contributed by atoms with E-state index in [9.17, 15) is 4.79 Å². The van der Waals surface area contributed by atoms with E-state index in [0.29, 0.717) is 33.9 Å².